The monoisotopic (exact) mass is 314 g/mol. The molecular formula is C13H19BrN2S. The second-order valence-electron chi connectivity index (χ2n) is 6.01. The molecule has 0 aromatic carbocycles. The fourth-order valence-corrected chi connectivity index (χ4v) is 5.00. The molecule has 4 rings (SSSR count). The first-order valence-electron chi connectivity index (χ1n) is 6.41. The maximum Gasteiger partial charge on any atom is 0.0945 e. The molecule has 17 heavy (non-hydrogen) atoms. The van der Waals surface area contributed by atoms with Crippen molar-refractivity contribution in [2.45, 2.75) is 57.4 Å². The lowest BCUT2D eigenvalue weighted by molar-refractivity contribution is 0.0449. The number of rotatable bonds is 2. The maximum absolute atomic E-state index is 6.36. The zero-order chi connectivity index (χ0) is 12.1. The van der Waals surface area contributed by atoms with Crippen LogP contribution in [0.4, 0.5) is 0 Å². The number of hydrogen-bond acceptors (Lipinski definition) is 3. The summed E-state index contributed by atoms with van der Waals surface area (Å²) >= 11 is 5.39. The topological polar surface area (TPSA) is 38.9 Å². The lowest BCUT2D eigenvalue weighted by Gasteiger charge is -2.51. The molecule has 0 aliphatic heterocycles. The van der Waals surface area contributed by atoms with Crippen molar-refractivity contribution in [1.82, 2.24) is 4.98 Å². The molecule has 3 aliphatic carbocycles. The Labute approximate surface area is 115 Å². The number of nitrogens with two attached hydrogens (primary N) is 1. The largest absolute Gasteiger partial charge is 0.325 e. The Morgan fingerprint density at radius 3 is 2.29 bits per heavy atom. The Morgan fingerprint density at radius 1 is 1.24 bits per heavy atom. The second-order valence-corrected chi connectivity index (χ2v) is 8.41. The maximum atomic E-state index is 6.36. The van der Waals surface area contributed by atoms with E-state index in [1.165, 1.54) is 53.7 Å². The predicted molar refractivity (Wildman–Crippen MR) is 75.3 cm³/mol. The minimum absolute atomic E-state index is 0.182. The van der Waals surface area contributed by atoms with Crippen LogP contribution in [-0.4, -0.2) is 10.5 Å². The average Bonchev–Trinajstić information content (AvgIpc) is 2.60. The summed E-state index contributed by atoms with van der Waals surface area (Å²) in [5.74, 6) is 0. The third kappa shape index (κ3) is 2.20. The second kappa shape index (κ2) is 4.04. The molecule has 2 nitrogen and oxygen atoms in total. The highest BCUT2D eigenvalue weighted by molar-refractivity contribution is 9.11. The van der Waals surface area contributed by atoms with Crippen molar-refractivity contribution in [3.8, 4) is 0 Å². The fraction of sp³-hybridized carbons (Fsp3) is 0.769. The zero-order valence-corrected chi connectivity index (χ0v) is 12.7. The van der Waals surface area contributed by atoms with Gasteiger partial charge in [0.2, 0.25) is 0 Å². The van der Waals surface area contributed by atoms with E-state index < -0.39 is 0 Å². The van der Waals surface area contributed by atoms with Crippen LogP contribution in [0.5, 0.6) is 0 Å². The Morgan fingerprint density at radius 2 is 1.82 bits per heavy atom. The van der Waals surface area contributed by atoms with Gasteiger partial charge in [0.05, 0.1) is 14.5 Å². The van der Waals surface area contributed by atoms with Crippen LogP contribution in [0.25, 0.3) is 0 Å². The van der Waals surface area contributed by atoms with Gasteiger partial charge >= 0.3 is 0 Å². The van der Waals surface area contributed by atoms with Crippen LogP contribution >= 0.6 is 27.3 Å². The van der Waals surface area contributed by atoms with Crippen molar-refractivity contribution < 1.29 is 0 Å². The van der Waals surface area contributed by atoms with Crippen molar-refractivity contribution in [2.24, 2.45) is 11.1 Å². The van der Waals surface area contributed by atoms with E-state index in [0.717, 1.165) is 5.69 Å². The van der Waals surface area contributed by atoms with Crippen LogP contribution in [0.1, 0.15) is 49.2 Å². The molecule has 3 aliphatic rings. The molecule has 0 atom stereocenters. The number of thiazole rings is 1. The van der Waals surface area contributed by atoms with Gasteiger partial charge in [-0.3, -0.25) is 0 Å². The predicted octanol–water partition coefficient (Wildman–Crippen LogP) is 3.81. The van der Waals surface area contributed by atoms with Gasteiger partial charge in [-0.2, -0.15) is 0 Å². The summed E-state index contributed by atoms with van der Waals surface area (Å²) in [6.45, 7) is 2.08. The molecule has 0 unspecified atom stereocenters. The molecule has 3 saturated carbocycles. The Kier molecular flexibility index (Phi) is 2.88. The van der Waals surface area contributed by atoms with E-state index in [1.807, 2.05) is 11.3 Å². The van der Waals surface area contributed by atoms with Gasteiger partial charge in [-0.15, -0.1) is 11.3 Å². The lowest BCUT2D eigenvalue weighted by Crippen LogP contribution is -2.52. The first-order valence-corrected chi connectivity index (χ1v) is 8.02. The van der Waals surface area contributed by atoms with Crippen molar-refractivity contribution >= 4 is 27.3 Å². The summed E-state index contributed by atoms with van der Waals surface area (Å²) in [6, 6.07) is 0. The molecule has 1 aromatic heterocycles. The summed E-state index contributed by atoms with van der Waals surface area (Å²) in [7, 11) is 0. The van der Waals surface area contributed by atoms with E-state index in [-0.39, 0.29) is 5.54 Å². The van der Waals surface area contributed by atoms with E-state index in [9.17, 15) is 0 Å². The molecule has 0 radical (unpaired) electrons. The SMILES string of the molecule is Cc1nc(CC23CCC(N)(CC2)CC3)sc1Br. The van der Waals surface area contributed by atoms with Crippen molar-refractivity contribution in [2.75, 3.05) is 0 Å². The van der Waals surface area contributed by atoms with E-state index in [4.69, 9.17) is 5.73 Å². The number of fused-ring (bicyclic) bond motifs is 3. The third-order valence-electron chi connectivity index (χ3n) is 4.77. The molecule has 94 valence electrons. The quantitative estimate of drug-likeness (QED) is 0.901. The molecule has 1 aromatic rings. The molecule has 1 heterocycles. The van der Waals surface area contributed by atoms with Crippen LogP contribution in [0, 0.1) is 12.3 Å². The number of halogens is 1. The van der Waals surface area contributed by atoms with E-state index in [0.29, 0.717) is 5.41 Å². The van der Waals surface area contributed by atoms with Crippen LogP contribution in [0.2, 0.25) is 0 Å². The Hall–Kier alpha value is 0.0700. The summed E-state index contributed by atoms with van der Waals surface area (Å²) in [5, 5.41) is 1.31. The smallest absolute Gasteiger partial charge is 0.0945 e. The fourth-order valence-electron chi connectivity index (χ4n) is 3.39. The van der Waals surface area contributed by atoms with Gasteiger partial charge in [0.1, 0.15) is 0 Å². The van der Waals surface area contributed by atoms with Crippen LogP contribution < -0.4 is 5.73 Å². The minimum Gasteiger partial charge on any atom is -0.325 e. The standard InChI is InChI=1S/C13H19BrN2S/c1-9-11(14)17-10(16-9)8-12-2-5-13(15,6-3-12)7-4-12/h2-8,15H2,1H3. The first-order chi connectivity index (χ1) is 8.00. The normalized spacial score (nSPS) is 36.4. The summed E-state index contributed by atoms with van der Waals surface area (Å²) in [5.41, 5.74) is 8.20. The molecule has 2 bridgehead atoms. The highest BCUT2D eigenvalue weighted by Crippen LogP contribution is 2.53. The van der Waals surface area contributed by atoms with Crippen molar-refractivity contribution in [3.63, 3.8) is 0 Å². The Balaban J connectivity index is 1.77. The average molecular weight is 315 g/mol. The summed E-state index contributed by atoms with van der Waals surface area (Å²) in [6.07, 6.45) is 8.75. The number of aryl methyl sites for hydroxylation is 1. The number of nitrogens with zero attached hydrogens (tertiary/aromatic N) is 1. The first kappa shape index (κ1) is 12.1. The highest BCUT2D eigenvalue weighted by atomic mass is 79.9. The van der Waals surface area contributed by atoms with Gasteiger partial charge in [-0.05, 0) is 66.8 Å². The lowest BCUT2D eigenvalue weighted by atomic mass is 9.56. The molecule has 2 N–H and O–H groups in total. The van der Waals surface area contributed by atoms with E-state index in [1.54, 1.807) is 0 Å². The number of hydrogen-bond donors (Lipinski definition) is 1. The summed E-state index contributed by atoms with van der Waals surface area (Å²) in [4.78, 5) is 4.67. The van der Waals surface area contributed by atoms with Gasteiger partial charge < -0.3 is 5.73 Å². The van der Waals surface area contributed by atoms with Gasteiger partial charge in [0, 0.05) is 12.0 Å². The number of aromatic nitrogens is 1. The van der Waals surface area contributed by atoms with Gasteiger partial charge in [-0.25, -0.2) is 4.98 Å². The van der Waals surface area contributed by atoms with Crippen molar-refractivity contribution in [1.29, 1.82) is 0 Å². The molecule has 4 heteroatoms. The van der Waals surface area contributed by atoms with Gasteiger partial charge in [-0.1, -0.05) is 0 Å². The van der Waals surface area contributed by atoms with Crippen molar-refractivity contribution in [3.05, 3.63) is 14.5 Å². The third-order valence-corrected chi connectivity index (χ3v) is 6.78. The molecule has 0 amide bonds. The zero-order valence-electron chi connectivity index (χ0n) is 10.3. The van der Waals surface area contributed by atoms with Gasteiger partial charge in [0.25, 0.3) is 0 Å². The minimum atomic E-state index is 0.182. The Bertz CT molecular complexity index is 397. The molecule has 0 saturated heterocycles. The molecular weight excluding hydrogens is 296 g/mol. The van der Waals surface area contributed by atoms with E-state index >= 15 is 0 Å². The molecule has 0 spiro atoms. The van der Waals surface area contributed by atoms with E-state index in [2.05, 4.69) is 27.8 Å². The van der Waals surface area contributed by atoms with Gasteiger partial charge in [0.15, 0.2) is 0 Å². The van der Waals surface area contributed by atoms with Crippen LogP contribution in [-0.2, 0) is 6.42 Å². The highest BCUT2D eigenvalue weighted by Gasteiger charge is 2.46. The molecule has 3 fully saturated rings. The summed E-state index contributed by atoms with van der Waals surface area (Å²) < 4.78 is 1.20. The van der Waals surface area contributed by atoms with Crippen LogP contribution in [0.3, 0.4) is 0 Å². The van der Waals surface area contributed by atoms with Crippen LogP contribution in [0.15, 0.2) is 3.79 Å².